The minimum Gasteiger partial charge on any atom is -0.493 e. The smallest absolute Gasteiger partial charge is 0.225 e. The molecule has 0 spiro atoms. The number of carbonyl (C=O) groups is 2. The summed E-state index contributed by atoms with van der Waals surface area (Å²) in [4.78, 5) is 26.8. The number of nitrogens with zero attached hydrogens (tertiary/aromatic N) is 1. The van der Waals surface area contributed by atoms with Crippen molar-refractivity contribution < 1.29 is 19.1 Å². The molecule has 30 heavy (non-hydrogen) atoms. The molecule has 6 heteroatoms. The van der Waals surface area contributed by atoms with Crippen molar-refractivity contribution >= 4 is 11.8 Å². The van der Waals surface area contributed by atoms with Crippen LogP contribution in [0.5, 0.6) is 11.5 Å². The van der Waals surface area contributed by atoms with Crippen LogP contribution >= 0.6 is 0 Å². The number of ether oxygens (including phenoxy) is 2. The highest BCUT2D eigenvalue weighted by atomic mass is 16.5. The van der Waals surface area contributed by atoms with E-state index in [9.17, 15) is 9.59 Å². The van der Waals surface area contributed by atoms with Crippen LogP contribution in [0.3, 0.4) is 0 Å². The Morgan fingerprint density at radius 1 is 1.10 bits per heavy atom. The molecule has 1 aliphatic heterocycles. The van der Waals surface area contributed by atoms with Gasteiger partial charge in [-0.2, -0.15) is 0 Å². The Labute approximate surface area is 178 Å². The maximum atomic E-state index is 12.6. The van der Waals surface area contributed by atoms with Crippen LogP contribution < -0.4 is 14.8 Å². The molecule has 160 valence electrons. The summed E-state index contributed by atoms with van der Waals surface area (Å²) in [6, 6.07) is 12.0. The van der Waals surface area contributed by atoms with Crippen LogP contribution in [-0.4, -0.2) is 44.0 Å². The largest absolute Gasteiger partial charge is 0.493 e. The van der Waals surface area contributed by atoms with E-state index in [4.69, 9.17) is 9.47 Å². The molecule has 1 saturated heterocycles. The maximum absolute atomic E-state index is 12.6. The predicted molar refractivity (Wildman–Crippen MR) is 116 cm³/mol. The Bertz CT molecular complexity index is 925. The highest BCUT2D eigenvalue weighted by Gasteiger charge is 2.33. The number of nitrogens with one attached hydrogen (secondary N) is 1. The zero-order valence-corrected chi connectivity index (χ0v) is 18.2. The van der Waals surface area contributed by atoms with E-state index in [1.54, 1.807) is 19.1 Å². The topological polar surface area (TPSA) is 67.9 Å². The third-order valence-corrected chi connectivity index (χ3v) is 5.66. The lowest BCUT2D eigenvalue weighted by atomic mass is 10.0. The molecule has 1 aliphatic rings. The first-order valence-corrected chi connectivity index (χ1v) is 10.2. The molecule has 0 aromatic heterocycles. The van der Waals surface area contributed by atoms with E-state index in [0.29, 0.717) is 37.6 Å². The fourth-order valence-corrected chi connectivity index (χ4v) is 3.78. The Morgan fingerprint density at radius 3 is 2.60 bits per heavy atom. The lowest BCUT2D eigenvalue weighted by Crippen LogP contribution is -2.33. The molecule has 0 saturated carbocycles. The van der Waals surface area contributed by atoms with E-state index in [0.717, 1.165) is 16.7 Å². The van der Waals surface area contributed by atoms with Crippen LogP contribution in [0.2, 0.25) is 0 Å². The minimum atomic E-state index is -0.298. The number of rotatable bonds is 8. The van der Waals surface area contributed by atoms with Crippen molar-refractivity contribution in [3.63, 3.8) is 0 Å². The molecule has 3 rings (SSSR count). The summed E-state index contributed by atoms with van der Waals surface area (Å²) in [7, 11) is 3.21. The lowest BCUT2D eigenvalue weighted by molar-refractivity contribution is -0.129. The molecule has 1 heterocycles. The fraction of sp³-hybridized carbons (Fsp3) is 0.417. The van der Waals surface area contributed by atoms with Gasteiger partial charge in [0.15, 0.2) is 11.5 Å². The van der Waals surface area contributed by atoms with Gasteiger partial charge in [-0.05, 0) is 49.1 Å². The van der Waals surface area contributed by atoms with Gasteiger partial charge in [-0.3, -0.25) is 9.59 Å². The van der Waals surface area contributed by atoms with Gasteiger partial charge in [0, 0.05) is 26.1 Å². The predicted octanol–water partition coefficient (Wildman–Crippen LogP) is 3.03. The van der Waals surface area contributed by atoms with Crippen molar-refractivity contribution in [1.82, 2.24) is 10.2 Å². The molecule has 1 unspecified atom stereocenters. The van der Waals surface area contributed by atoms with Gasteiger partial charge in [0.2, 0.25) is 11.8 Å². The molecular formula is C24H30N2O4. The fourth-order valence-electron chi connectivity index (χ4n) is 3.78. The zero-order valence-electron chi connectivity index (χ0n) is 18.2. The van der Waals surface area contributed by atoms with E-state index in [2.05, 4.69) is 23.5 Å². The molecule has 2 aromatic rings. The first-order chi connectivity index (χ1) is 14.4. The third kappa shape index (κ3) is 5.12. The summed E-state index contributed by atoms with van der Waals surface area (Å²) in [5.41, 5.74) is 4.49. The highest BCUT2D eigenvalue weighted by Crippen LogP contribution is 2.28. The Balaban J connectivity index is 1.53. The summed E-state index contributed by atoms with van der Waals surface area (Å²) in [5, 5.41) is 3.00. The molecule has 2 amide bonds. The van der Waals surface area contributed by atoms with Crippen LogP contribution in [-0.2, 0) is 22.6 Å². The van der Waals surface area contributed by atoms with Crippen molar-refractivity contribution in [2.24, 2.45) is 5.92 Å². The Morgan fingerprint density at radius 2 is 1.87 bits per heavy atom. The highest BCUT2D eigenvalue weighted by molar-refractivity contribution is 5.89. The molecule has 0 radical (unpaired) electrons. The second-order valence-electron chi connectivity index (χ2n) is 7.83. The quantitative estimate of drug-likeness (QED) is 0.726. The van der Waals surface area contributed by atoms with E-state index in [-0.39, 0.29) is 24.2 Å². The van der Waals surface area contributed by atoms with Crippen molar-refractivity contribution in [3.8, 4) is 11.5 Å². The number of benzene rings is 2. The number of carbonyl (C=O) groups excluding carboxylic acids is 2. The lowest BCUT2D eigenvalue weighted by Gasteiger charge is -2.17. The van der Waals surface area contributed by atoms with Gasteiger partial charge < -0.3 is 19.7 Å². The number of hydrogen-bond donors (Lipinski definition) is 1. The first kappa shape index (κ1) is 21.7. The van der Waals surface area contributed by atoms with Crippen LogP contribution in [0.1, 0.15) is 28.7 Å². The average Bonchev–Trinajstić information content (AvgIpc) is 3.13. The van der Waals surface area contributed by atoms with Gasteiger partial charge in [0.1, 0.15) is 0 Å². The van der Waals surface area contributed by atoms with E-state index < -0.39 is 0 Å². The minimum absolute atomic E-state index is 0.0300. The third-order valence-electron chi connectivity index (χ3n) is 5.66. The molecule has 2 aromatic carbocycles. The van der Waals surface area contributed by atoms with Crippen LogP contribution in [0, 0.1) is 19.8 Å². The number of aryl methyl sites for hydroxylation is 2. The molecular weight excluding hydrogens is 380 g/mol. The number of hydrogen-bond acceptors (Lipinski definition) is 4. The summed E-state index contributed by atoms with van der Waals surface area (Å²) in [6.45, 7) is 5.61. The molecule has 1 fully saturated rings. The van der Waals surface area contributed by atoms with E-state index in [1.807, 2.05) is 32.0 Å². The second-order valence-corrected chi connectivity index (χ2v) is 7.83. The standard InChI is InChI=1S/C24H30N2O4/c1-16-5-6-17(2)19(11-16)14-25-24(28)20-13-23(27)26(15-20)10-9-18-7-8-21(29-3)22(12-18)30-4/h5-8,11-12,20H,9-10,13-15H2,1-4H3,(H,25,28). The average molecular weight is 411 g/mol. The van der Waals surface area contributed by atoms with E-state index >= 15 is 0 Å². The monoisotopic (exact) mass is 410 g/mol. The maximum Gasteiger partial charge on any atom is 0.225 e. The number of methoxy groups -OCH3 is 2. The summed E-state index contributed by atoms with van der Waals surface area (Å²) in [5.74, 6) is 1.03. The summed E-state index contributed by atoms with van der Waals surface area (Å²) >= 11 is 0. The second kappa shape index (κ2) is 9.65. The van der Waals surface area contributed by atoms with Crippen molar-refractivity contribution in [3.05, 3.63) is 58.7 Å². The molecule has 0 aliphatic carbocycles. The zero-order chi connectivity index (χ0) is 21.7. The number of amides is 2. The summed E-state index contributed by atoms with van der Waals surface area (Å²) < 4.78 is 10.6. The molecule has 1 N–H and O–H groups in total. The van der Waals surface area contributed by atoms with Gasteiger partial charge in [0.05, 0.1) is 20.1 Å². The SMILES string of the molecule is COc1ccc(CCN2CC(C(=O)NCc3cc(C)ccc3C)CC2=O)cc1OC. The van der Waals surface area contributed by atoms with Gasteiger partial charge in [-0.15, -0.1) is 0 Å². The first-order valence-electron chi connectivity index (χ1n) is 10.2. The molecule has 0 bridgehead atoms. The van der Waals surface area contributed by atoms with E-state index in [1.165, 1.54) is 5.56 Å². The normalized spacial score (nSPS) is 15.9. The molecule has 1 atom stereocenters. The van der Waals surface area contributed by atoms with Gasteiger partial charge >= 0.3 is 0 Å². The van der Waals surface area contributed by atoms with Gasteiger partial charge in [-0.1, -0.05) is 29.8 Å². The van der Waals surface area contributed by atoms with Crippen molar-refractivity contribution in [2.75, 3.05) is 27.3 Å². The Hall–Kier alpha value is -3.02. The van der Waals surface area contributed by atoms with Crippen LogP contribution in [0.15, 0.2) is 36.4 Å². The van der Waals surface area contributed by atoms with Gasteiger partial charge in [0.25, 0.3) is 0 Å². The van der Waals surface area contributed by atoms with Gasteiger partial charge in [-0.25, -0.2) is 0 Å². The number of likely N-dealkylation sites (tertiary alicyclic amines) is 1. The molecule has 6 nitrogen and oxygen atoms in total. The van der Waals surface area contributed by atoms with Crippen LogP contribution in [0.25, 0.3) is 0 Å². The Kier molecular flexibility index (Phi) is 6.98. The van der Waals surface area contributed by atoms with Crippen LogP contribution in [0.4, 0.5) is 0 Å². The van der Waals surface area contributed by atoms with Crippen molar-refractivity contribution in [2.45, 2.75) is 33.2 Å². The summed E-state index contributed by atoms with van der Waals surface area (Å²) in [6.07, 6.45) is 0.966. The van der Waals surface area contributed by atoms with Crippen molar-refractivity contribution in [1.29, 1.82) is 0 Å².